The average Bonchev–Trinajstić information content (AvgIpc) is 3.16. The van der Waals surface area contributed by atoms with E-state index in [1.807, 2.05) is 30.6 Å². The second-order valence-corrected chi connectivity index (χ2v) is 7.69. The highest BCUT2D eigenvalue weighted by Gasteiger charge is 2.20. The number of hydrogen-bond donors (Lipinski definition) is 0. The van der Waals surface area contributed by atoms with Crippen LogP contribution in [0.2, 0.25) is 0 Å². The molecule has 1 aliphatic heterocycles. The Hall–Kier alpha value is -3.25. The van der Waals surface area contributed by atoms with Gasteiger partial charge in [-0.25, -0.2) is 9.97 Å². The molecular weight excluding hydrogens is 374 g/mol. The Morgan fingerprint density at radius 1 is 1.17 bits per heavy atom. The van der Waals surface area contributed by atoms with Crippen LogP contribution in [0.4, 0.5) is 0 Å². The minimum absolute atomic E-state index is 0.758. The number of aryl methyl sites for hydroxylation is 1. The lowest BCUT2D eigenvalue weighted by molar-refractivity contribution is 0.243. The smallest absolute Gasteiger partial charge is 0.160 e. The molecule has 0 fully saturated rings. The molecule has 0 spiro atoms. The highest BCUT2D eigenvalue weighted by molar-refractivity contribution is 5.85. The number of nitrogens with zero attached hydrogens (tertiary/aromatic N) is 5. The molecular formula is C24H25N5O. The van der Waals surface area contributed by atoms with E-state index in [1.54, 1.807) is 13.3 Å². The molecule has 6 heteroatoms. The van der Waals surface area contributed by atoms with Crippen LogP contribution in [-0.2, 0) is 26.1 Å². The van der Waals surface area contributed by atoms with Gasteiger partial charge in [-0.2, -0.15) is 0 Å². The van der Waals surface area contributed by atoms with Crippen LogP contribution in [0.5, 0.6) is 5.75 Å². The number of fused-ring (bicyclic) bond motifs is 2. The normalized spacial score (nSPS) is 14.1. The fraction of sp³-hybridized carbons (Fsp3) is 0.292. The summed E-state index contributed by atoms with van der Waals surface area (Å²) in [5.74, 6) is 1.66. The van der Waals surface area contributed by atoms with Gasteiger partial charge in [0.25, 0.3) is 0 Å². The zero-order valence-electron chi connectivity index (χ0n) is 17.4. The number of rotatable bonds is 5. The van der Waals surface area contributed by atoms with Crippen LogP contribution in [0.1, 0.15) is 23.7 Å². The highest BCUT2D eigenvalue weighted by Crippen LogP contribution is 2.29. The number of pyridine rings is 1. The lowest BCUT2D eigenvalue weighted by Gasteiger charge is -2.28. The van der Waals surface area contributed by atoms with Crippen LogP contribution in [0, 0.1) is 0 Å². The van der Waals surface area contributed by atoms with E-state index in [1.165, 1.54) is 22.0 Å². The summed E-state index contributed by atoms with van der Waals surface area (Å²) in [6.07, 6.45) is 8.77. The van der Waals surface area contributed by atoms with E-state index in [2.05, 4.69) is 44.7 Å². The Morgan fingerprint density at radius 2 is 2.10 bits per heavy atom. The quantitative estimate of drug-likeness (QED) is 0.506. The first kappa shape index (κ1) is 18.8. The number of ether oxygens (including phenoxy) is 1. The molecule has 0 N–H and O–H groups in total. The van der Waals surface area contributed by atoms with E-state index in [0.29, 0.717) is 0 Å². The Balaban J connectivity index is 1.39. The maximum atomic E-state index is 5.46. The monoisotopic (exact) mass is 399 g/mol. The van der Waals surface area contributed by atoms with Gasteiger partial charge in [-0.15, -0.1) is 0 Å². The largest absolute Gasteiger partial charge is 0.497 e. The molecule has 4 aromatic rings. The van der Waals surface area contributed by atoms with Crippen molar-refractivity contribution in [2.45, 2.75) is 33.0 Å². The van der Waals surface area contributed by atoms with Gasteiger partial charge < -0.3 is 9.30 Å². The zero-order chi connectivity index (χ0) is 20.5. The molecule has 0 saturated heterocycles. The van der Waals surface area contributed by atoms with Crippen molar-refractivity contribution in [3.05, 3.63) is 71.9 Å². The van der Waals surface area contributed by atoms with Gasteiger partial charge in [-0.3, -0.25) is 9.88 Å². The van der Waals surface area contributed by atoms with Crippen molar-refractivity contribution < 1.29 is 4.74 Å². The zero-order valence-corrected chi connectivity index (χ0v) is 17.4. The van der Waals surface area contributed by atoms with Gasteiger partial charge in [0.05, 0.1) is 12.8 Å². The third-order valence-corrected chi connectivity index (χ3v) is 5.84. The van der Waals surface area contributed by atoms with Gasteiger partial charge in [0.15, 0.2) is 5.82 Å². The molecule has 0 atom stereocenters. The van der Waals surface area contributed by atoms with Gasteiger partial charge in [0, 0.05) is 79.4 Å². The molecule has 0 radical (unpaired) electrons. The van der Waals surface area contributed by atoms with Crippen LogP contribution >= 0.6 is 0 Å². The molecule has 0 bridgehead atoms. The van der Waals surface area contributed by atoms with Crippen LogP contribution < -0.4 is 4.74 Å². The van der Waals surface area contributed by atoms with E-state index in [4.69, 9.17) is 9.72 Å². The Bertz CT molecular complexity index is 1190. The van der Waals surface area contributed by atoms with E-state index in [0.717, 1.165) is 55.4 Å². The molecule has 3 aromatic heterocycles. The predicted molar refractivity (Wildman–Crippen MR) is 117 cm³/mol. The Labute approximate surface area is 176 Å². The summed E-state index contributed by atoms with van der Waals surface area (Å²) >= 11 is 0. The van der Waals surface area contributed by atoms with Crippen molar-refractivity contribution in [2.75, 3.05) is 13.7 Å². The summed E-state index contributed by atoms with van der Waals surface area (Å²) in [4.78, 5) is 16.1. The minimum atomic E-state index is 0.758. The third-order valence-electron chi connectivity index (χ3n) is 5.84. The second-order valence-electron chi connectivity index (χ2n) is 7.69. The molecule has 1 aliphatic rings. The van der Waals surface area contributed by atoms with Gasteiger partial charge in [0.2, 0.25) is 0 Å². The molecule has 4 heterocycles. The SMILES string of the molecule is CCn1cc(CN2CCc3nc(-c4cccnc4)ncc3C2)c2cc(OC)ccc21. The van der Waals surface area contributed by atoms with Gasteiger partial charge in [-0.05, 0) is 42.8 Å². The summed E-state index contributed by atoms with van der Waals surface area (Å²) in [6, 6.07) is 10.3. The lowest BCUT2D eigenvalue weighted by atomic mass is 10.1. The fourth-order valence-corrected chi connectivity index (χ4v) is 4.25. The summed E-state index contributed by atoms with van der Waals surface area (Å²) in [7, 11) is 1.72. The summed E-state index contributed by atoms with van der Waals surface area (Å²) in [5, 5.41) is 1.27. The summed E-state index contributed by atoms with van der Waals surface area (Å²) in [5.41, 5.74) is 5.92. The minimum Gasteiger partial charge on any atom is -0.497 e. The fourth-order valence-electron chi connectivity index (χ4n) is 4.25. The molecule has 1 aromatic carbocycles. The molecule has 152 valence electrons. The average molecular weight is 399 g/mol. The number of hydrogen-bond acceptors (Lipinski definition) is 5. The summed E-state index contributed by atoms with van der Waals surface area (Å²) < 4.78 is 7.77. The van der Waals surface area contributed by atoms with Crippen LogP contribution in [0.25, 0.3) is 22.3 Å². The third kappa shape index (κ3) is 3.44. The number of methoxy groups -OCH3 is 1. The lowest BCUT2D eigenvalue weighted by Crippen LogP contribution is -2.30. The van der Waals surface area contributed by atoms with Crippen molar-refractivity contribution in [1.82, 2.24) is 24.4 Å². The predicted octanol–water partition coefficient (Wildman–Crippen LogP) is 4.08. The Kier molecular flexibility index (Phi) is 4.93. The number of aromatic nitrogens is 4. The Morgan fingerprint density at radius 3 is 2.90 bits per heavy atom. The van der Waals surface area contributed by atoms with E-state index < -0.39 is 0 Å². The van der Waals surface area contributed by atoms with Crippen molar-refractivity contribution in [1.29, 1.82) is 0 Å². The molecule has 0 amide bonds. The maximum absolute atomic E-state index is 5.46. The van der Waals surface area contributed by atoms with Gasteiger partial charge >= 0.3 is 0 Å². The first-order chi connectivity index (χ1) is 14.7. The van der Waals surface area contributed by atoms with Gasteiger partial charge in [0.1, 0.15) is 5.75 Å². The first-order valence-corrected chi connectivity index (χ1v) is 10.4. The molecule has 0 aliphatic carbocycles. The molecule has 5 rings (SSSR count). The molecule has 6 nitrogen and oxygen atoms in total. The van der Waals surface area contributed by atoms with Crippen molar-refractivity contribution >= 4 is 10.9 Å². The second kappa shape index (κ2) is 7.88. The first-order valence-electron chi connectivity index (χ1n) is 10.4. The maximum Gasteiger partial charge on any atom is 0.160 e. The van der Waals surface area contributed by atoms with Crippen molar-refractivity contribution in [3.63, 3.8) is 0 Å². The van der Waals surface area contributed by atoms with Crippen LogP contribution in [-0.4, -0.2) is 38.1 Å². The van der Waals surface area contributed by atoms with E-state index in [9.17, 15) is 0 Å². The van der Waals surface area contributed by atoms with Crippen LogP contribution in [0.3, 0.4) is 0 Å². The van der Waals surface area contributed by atoms with Crippen molar-refractivity contribution in [2.24, 2.45) is 0 Å². The molecule has 0 unspecified atom stereocenters. The van der Waals surface area contributed by atoms with Crippen LogP contribution in [0.15, 0.2) is 55.1 Å². The molecule has 0 saturated carbocycles. The van der Waals surface area contributed by atoms with Crippen molar-refractivity contribution in [3.8, 4) is 17.1 Å². The van der Waals surface area contributed by atoms with E-state index >= 15 is 0 Å². The molecule has 30 heavy (non-hydrogen) atoms. The van der Waals surface area contributed by atoms with Gasteiger partial charge in [-0.1, -0.05) is 0 Å². The standard InChI is InChI=1S/C24H25N5O/c1-3-29-16-19(21-11-20(30-2)6-7-23(21)29)15-28-10-8-22-18(14-28)13-26-24(27-22)17-5-4-9-25-12-17/h4-7,9,11-13,16H,3,8,10,14-15H2,1-2H3. The highest BCUT2D eigenvalue weighted by atomic mass is 16.5. The van der Waals surface area contributed by atoms with E-state index in [-0.39, 0.29) is 0 Å². The summed E-state index contributed by atoms with van der Waals surface area (Å²) in [6.45, 7) is 5.89. The number of benzene rings is 1. The topological polar surface area (TPSA) is 56.1 Å².